The molecular formula is C23H19F2NO3. The van der Waals surface area contributed by atoms with Crippen LogP contribution in [0.2, 0.25) is 0 Å². The van der Waals surface area contributed by atoms with Crippen molar-refractivity contribution in [1.29, 1.82) is 0 Å². The highest BCUT2D eigenvalue weighted by Crippen LogP contribution is 2.26. The molecule has 1 amide bonds. The molecule has 0 heterocycles. The molecule has 0 aromatic heterocycles. The van der Waals surface area contributed by atoms with Crippen LogP contribution >= 0.6 is 0 Å². The number of amides is 1. The first-order valence-corrected chi connectivity index (χ1v) is 8.93. The molecule has 0 fully saturated rings. The van der Waals surface area contributed by atoms with Crippen LogP contribution in [0.15, 0.2) is 54.6 Å². The van der Waals surface area contributed by atoms with Crippen LogP contribution in [-0.2, 0) is 6.54 Å². The number of halogens is 2. The van der Waals surface area contributed by atoms with Crippen molar-refractivity contribution in [2.45, 2.75) is 20.4 Å². The van der Waals surface area contributed by atoms with E-state index < -0.39 is 23.5 Å². The first-order chi connectivity index (χ1) is 13.8. The molecule has 0 bridgehead atoms. The van der Waals surface area contributed by atoms with Crippen molar-refractivity contribution < 1.29 is 23.5 Å². The van der Waals surface area contributed by atoms with Gasteiger partial charge in [0.05, 0.1) is 11.1 Å². The predicted molar refractivity (Wildman–Crippen MR) is 106 cm³/mol. The summed E-state index contributed by atoms with van der Waals surface area (Å²) in [5, 5.41) is 11.8. The molecule has 0 aliphatic carbocycles. The summed E-state index contributed by atoms with van der Waals surface area (Å²) >= 11 is 0. The van der Waals surface area contributed by atoms with Crippen molar-refractivity contribution in [2.75, 3.05) is 0 Å². The number of nitrogens with one attached hydrogen (secondary N) is 1. The highest BCUT2D eigenvalue weighted by molar-refractivity contribution is 5.94. The summed E-state index contributed by atoms with van der Waals surface area (Å²) < 4.78 is 28.2. The second kappa shape index (κ2) is 8.22. The minimum atomic E-state index is -1.15. The number of benzene rings is 3. The minimum absolute atomic E-state index is 0.0216. The number of carboxylic acid groups (broad SMARTS) is 1. The molecule has 0 aliphatic rings. The second-order valence-corrected chi connectivity index (χ2v) is 6.81. The molecule has 4 nitrogen and oxygen atoms in total. The third-order valence-corrected chi connectivity index (χ3v) is 4.68. The topological polar surface area (TPSA) is 66.4 Å². The van der Waals surface area contributed by atoms with E-state index >= 15 is 0 Å². The van der Waals surface area contributed by atoms with Gasteiger partial charge >= 0.3 is 5.97 Å². The van der Waals surface area contributed by atoms with Gasteiger partial charge in [0, 0.05) is 12.1 Å². The van der Waals surface area contributed by atoms with Crippen LogP contribution in [0, 0.1) is 25.5 Å². The molecule has 2 N–H and O–H groups in total. The maximum Gasteiger partial charge on any atom is 0.335 e. The maximum absolute atomic E-state index is 14.3. The van der Waals surface area contributed by atoms with E-state index in [9.17, 15) is 18.4 Å². The zero-order valence-corrected chi connectivity index (χ0v) is 15.9. The summed E-state index contributed by atoms with van der Waals surface area (Å²) in [6.07, 6.45) is 0. The van der Waals surface area contributed by atoms with Gasteiger partial charge in [-0.15, -0.1) is 0 Å². The summed E-state index contributed by atoms with van der Waals surface area (Å²) in [6.45, 7) is 3.69. The number of aryl methyl sites for hydroxylation is 2. The molecule has 148 valence electrons. The van der Waals surface area contributed by atoms with Gasteiger partial charge < -0.3 is 10.4 Å². The zero-order chi connectivity index (χ0) is 21.1. The van der Waals surface area contributed by atoms with Gasteiger partial charge in [0.15, 0.2) is 0 Å². The van der Waals surface area contributed by atoms with Gasteiger partial charge in [-0.3, -0.25) is 4.79 Å². The van der Waals surface area contributed by atoms with Gasteiger partial charge in [0.25, 0.3) is 5.91 Å². The first-order valence-electron chi connectivity index (χ1n) is 8.93. The van der Waals surface area contributed by atoms with Crippen LogP contribution in [0.1, 0.15) is 37.4 Å². The fourth-order valence-electron chi connectivity index (χ4n) is 2.98. The van der Waals surface area contributed by atoms with Crippen molar-refractivity contribution in [3.63, 3.8) is 0 Å². The lowest BCUT2D eigenvalue weighted by Gasteiger charge is -2.12. The lowest BCUT2D eigenvalue weighted by molar-refractivity contribution is 0.0696. The Bertz CT molecular complexity index is 1110. The third-order valence-electron chi connectivity index (χ3n) is 4.68. The molecule has 29 heavy (non-hydrogen) atoms. The monoisotopic (exact) mass is 395 g/mol. The van der Waals surface area contributed by atoms with Crippen LogP contribution in [0.5, 0.6) is 0 Å². The molecule has 0 saturated carbocycles. The summed E-state index contributed by atoms with van der Waals surface area (Å²) in [4.78, 5) is 23.5. The van der Waals surface area contributed by atoms with Gasteiger partial charge in [-0.1, -0.05) is 18.2 Å². The van der Waals surface area contributed by atoms with Crippen molar-refractivity contribution in [2.24, 2.45) is 0 Å². The van der Waals surface area contributed by atoms with Crippen LogP contribution in [-0.4, -0.2) is 17.0 Å². The third kappa shape index (κ3) is 4.48. The van der Waals surface area contributed by atoms with Gasteiger partial charge in [-0.25, -0.2) is 13.6 Å². The number of carbonyl (C=O) groups is 2. The molecule has 3 rings (SSSR count). The van der Waals surface area contributed by atoms with Gasteiger partial charge in [0.1, 0.15) is 11.6 Å². The van der Waals surface area contributed by atoms with Crippen molar-refractivity contribution in [3.8, 4) is 11.1 Å². The Morgan fingerprint density at radius 3 is 2.38 bits per heavy atom. The predicted octanol–water partition coefficient (Wildman–Crippen LogP) is 4.88. The molecular weight excluding hydrogens is 376 g/mol. The lowest BCUT2D eigenvalue weighted by atomic mass is 9.97. The van der Waals surface area contributed by atoms with E-state index in [1.54, 1.807) is 31.2 Å². The Kier molecular flexibility index (Phi) is 5.73. The quantitative estimate of drug-likeness (QED) is 0.647. The highest BCUT2D eigenvalue weighted by atomic mass is 19.1. The number of carboxylic acids is 1. The normalized spacial score (nSPS) is 10.6. The Labute approximate surface area is 166 Å². The number of hydrogen-bond donors (Lipinski definition) is 2. The molecule has 0 spiro atoms. The van der Waals surface area contributed by atoms with E-state index in [-0.39, 0.29) is 23.2 Å². The molecule has 3 aromatic carbocycles. The summed E-state index contributed by atoms with van der Waals surface area (Å²) in [7, 11) is 0. The van der Waals surface area contributed by atoms with Gasteiger partial charge in [-0.2, -0.15) is 0 Å². The summed E-state index contributed by atoms with van der Waals surface area (Å²) in [5.41, 5.74) is 2.85. The molecule has 0 saturated heterocycles. The second-order valence-electron chi connectivity index (χ2n) is 6.81. The summed E-state index contributed by atoms with van der Waals surface area (Å²) in [6, 6.07) is 13.1. The van der Waals surface area contributed by atoms with Gasteiger partial charge in [0.2, 0.25) is 0 Å². The lowest BCUT2D eigenvalue weighted by Crippen LogP contribution is -2.24. The number of rotatable bonds is 5. The molecule has 6 heteroatoms. The summed E-state index contributed by atoms with van der Waals surface area (Å²) in [5.74, 6) is -2.84. The van der Waals surface area contributed by atoms with E-state index in [1.807, 2.05) is 6.92 Å². The van der Waals surface area contributed by atoms with E-state index in [4.69, 9.17) is 5.11 Å². The smallest absolute Gasteiger partial charge is 0.335 e. The van der Waals surface area contributed by atoms with Crippen molar-refractivity contribution in [1.82, 2.24) is 5.32 Å². The van der Waals surface area contributed by atoms with Crippen LogP contribution in [0.4, 0.5) is 8.78 Å². The fourth-order valence-corrected chi connectivity index (χ4v) is 2.98. The van der Waals surface area contributed by atoms with Crippen LogP contribution < -0.4 is 5.32 Å². The highest BCUT2D eigenvalue weighted by Gasteiger charge is 2.14. The molecule has 0 atom stereocenters. The molecule has 0 aliphatic heterocycles. The largest absolute Gasteiger partial charge is 0.478 e. The molecule has 3 aromatic rings. The van der Waals surface area contributed by atoms with Crippen LogP contribution in [0.25, 0.3) is 11.1 Å². The van der Waals surface area contributed by atoms with Crippen LogP contribution in [0.3, 0.4) is 0 Å². The minimum Gasteiger partial charge on any atom is -0.478 e. The number of hydrogen-bond acceptors (Lipinski definition) is 2. The first kappa shape index (κ1) is 20.2. The van der Waals surface area contributed by atoms with E-state index in [2.05, 4.69) is 5.32 Å². The Balaban J connectivity index is 1.86. The number of aromatic carboxylic acids is 1. The maximum atomic E-state index is 14.3. The molecule has 0 unspecified atom stereocenters. The van der Waals surface area contributed by atoms with E-state index in [0.29, 0.717) is 16.7 Å². The Hall–Kier alpha value is -3.54. The van der Waals surface area contributed by atoms with Crippen molar-refractivity contribution >= 4 is 11.9 Å². The Morgan fingerprint density at radius 2 is 1.69 bits per heavy atom. The standard InChI is InChI=1S/C23H19F2NO3/c1-13-3-7-18(21(25)9-13)22(27)26-12-17-10-15(5-4-14(17)2)19-11-16(23(28)29)6-8-20(19)24/h3-11H,12H2,1-2H3,(H,26,27)(H,28,29). The van der Waals surface area contributed by atoms with Crippen molar-refractivity contribution in [3.05, 3.63) is 94.0 Å². The van der Waals surface area contributed by atoms with E-state index in [1.165, 1.54) is 24.3 Å². The zero-order valence-electron chi connectivity index (χ0n) is 15.9. The average Bonchev–Trinajstić information content (AvgIpc) is 2.67. The fraction of sp³-hybridized carbons (Fsp3) is 0.130. The molecule has 0 radical (unpaired) electrons. The Morgan fingerprint density at radius 1 is 0.931 bits per heavy atom. The van der Waals surface area contributed by atoms with E-state index in [0.717, 1.165) is 11.6 Å². The van der Waals surface area contributed by atoms with Gasteiger partial charge in [-0.05, 0) is 72.5 Å². The SMILES string of the molecule is Cc1ccc(C(=O)NCc2cc(-c3cc(C(=O)O)ccc3F)ccc2C)c(F)c1. The number of carbonyl (C=O) groups excluding carboxylic acids is 1. The average molecular weight is 395 g/mol.